The van der Waals surface area contributed by atoms with Gasteiger partial charge in [0, 0.05) is 34.3 Å². The highest BCUT2D eigenvalue weighted by molar-refractivity contribution is 6.31. The summed E-state index contributed by atoms with van der Waals surface area (Å²) in [6, 6.07) is 18.5. The van der Waals surface area contributed by atoms with Crippen molar-refractivity contribution in [3.05, 3.63) is 117 Å². The monoisotopic (exact) mass is 558 g/mol. The van der Waals surface area contributed by atoms with Crippen LogP contribution in [0.5, 0.6) is 5.75 Å². The van der Waals surface area contributed by atoms with E-state index in [1.807, 2.05) is 31.2 Å². The molecule has 3 aromatic carbocycles. The standard InChI is InChI=1S/C31H27ClN2O6/c1-18-4-6-20(7-5-18)14-27(30(37)33-23-11-8-21(9-12-23)31(38)39)34-17-28(40-3)26(16-29(34)36)25-15-22(32)10-13-24(25)19(2)35/h4-13,15-17,27H,14H2,1-3H3,(H,33,37)(H,38,39). The van der Waals surface area contributed by atoms with Crippen LogP contribution in [0.4, 0.5) is 5.69 Å². The van der Waals surface area contributed by atoms with E-state index >= 15 is 0 Å². The third-order valence-corrected chi connectivity index (χ3v) is 6.74. The summed E-state index contributed by atoms with van der Waals surface area (Å²) >= 11 is 6.21. The van der Waals surface area contributed by atoms with E-state index in [4.69, 9.17) is 21.4 Å². The lowest BCUT2D eigenvalue weighted by Gasteiger charge is -2.22. The number of carboxylic acid groups (broad SMARTS) is 1. The van der Waals surface area contributed by atoms with E-state index in [2.05, 4.69) is 5.32 Å². The van der Waals surface area contributed by atoms with Crippen molar-refractivity contribution in [2.75, 3.05) is 12.4 Å². The highest BCUT2D eigenvalue weighted by Crippen LogP contribution is 2.34. The van der Waals surface area contributed by atoms with Crippen LogP contribution in [0.15, 0.2) is 83.8 Å². The maximum Gasteiger partial charge on any atom is 0.335 e. The Kier molecular flexibility index (Phi) is 8.50. The van der Waals surface area contributed by atoms with Crippen molar-refractivity contribution in [2.24, 2.45) is 0 Å². The summed E-state index contributed by atoms with van der Waals surface area (Å²) in [5.74, 6) is -1.49. The fourth-order valence-electron chi connectivity index (χ4n) is 4.38. The van der Waals surface area contributed by atoms with E-state index in [0.717, 1.165) is 11.1 Å². The predicted octanol–water partition coefficient (Wildman–Crippen LogP) is 5.81. The molecular weight excluding hydrogens is 532 g/mol. The zero-order valence-corrected chi connectivity index (χ0v) is 22.9. The minimum absolute atomic E-state index is 0.0803. The number of Topliss-reactive ketones (excluding diaryl/α,β-unsaturated/α-hetero) is 1. The van der Waals surface area contributed by atoms with Gasteiger partial charge >= 0.3 is 5.97 Å². The number of carbonyl (C=O) groups is 3. The molecule has 8 nitrogen and oxygen atoms in total. The Morgan fingerprint density at radius 1 is 0.975 bits per heavy atom. The van der Waals surface area contributed by atoms with Crippen LogP contribution in [0.25, 0.3) is 11.1 Å². The Morgan fingerprint density at radius 2 is 1.65 bits per heavy atom. The van der Waals surface area contributed by atoms with Crippen LogP contribution < -0.4 is 15.6 Å². The van der Waals surface area contributed by atoms with Gasteiger partial charge in [-0.25, -0.2) is 4.79 Å². The molecule has 1 atom stereocenters. The maximum absolute atomic E-state index is 13.6. The minimum Gasteiger partial charge on any atom is -0.495 e. The number of nitrogens with zero attached hydrogens (tertiary/aromatic N) is 1. The normalized spacial score (nSPS) is 11.5. The Hall–Kier alpha value is -4.69. The summed E-state index contributed by atoms with van der Waals surface area (Å²) in [5, 5.41) is 12.3. The predicted molar refractivity (Wildman–Crippen MR) is 154 cm³/mol. The van der Waals surface area contributed by atoms with Crippen molar-refractivity contribution in [3.8, 4) is 16.9 Å². The van der Waals surface area contributed by atoms with E-state index in [1.165, 1.54) is 55.1 Å². The van der Waals surface area contributed by atoms with Crippen LogP contribution in [0.2, 0.25) is 5.02 Å². The SMILES string of the molecule is COc1cn(C(Cc2ccc(C)cc2)C(=O)Nc2ccc(C(=O)O)cc2)c(=O)cc1-c1cc(Cl)ccc1C(C)=O. The first-order chi connectivity index (χ1) is 19.1. The molecule has 1 unspecified atom stereocenters. The summed E-state index contributed by atoms with van der Waals surface area (Å²) in [7, 11) is 1.44. The number of aryl methyl sites for hydroxylation is 1. The zero-order chi connectivity index (χ0) is 29.0. The molecule has 4 aromatic rings. The van der Waals surface area contributed by atoms with Crippen LogP contribution in [-0.4, -0.2) is 34.4 Å². The molecule has 0 saturated carbocycles. The van der Waals surface area contributed by atoms with Crippen LogP contribution in [0.3, 0.4) is 0 Å². The molecule has 1 heterocycles. The zero-order valence-electron chi connectivity index (χ0n) is 22.1. The number of methoxy groups -OCH3 is 1. The van der Waals surface area contributed by atoms with Gasteiger partial charge in [0.15, 0.2) is 5.78 Å². The minimum atomic E-state index is -1.08. The molecule has 0 spiro atoms. The van der Waals surface area contributed by atoms with Crippen molar-refractivity contribution >= 4 is 34.9 Å². The lowest BCUT2D eigenvalue weighted by atomic mass is 9.97. The number of aromatic nitrogens is 1. The molecule has 0 radical (unpaired) electrons. The van der Waals surface area contributed by atoms with Gasteiger partial charge in [-0.3, -0.25) is 19.0 Å². The number of hydrogen-bond acceptors (Lipinski definition) is 5. The molecule has 4 rings (SSSR count). The van der Waals surface area contributed by atoms with Gasteiger partial charge in [-0.2, -0.15) is 0 Å². The second kappa shape index (κ2) is 12.0. The second-order valence-electron chi connectivity index (χ2n) is 9.32. The first-order valence-corrected chi connectivity index (χ1v) is 12.8. The number of carboxylic acids is 1. The summed E-state index contributed by atoms with van der Waals surface area (Å²) in [4.78, 5) is 50.7. The largest absolute Gasteiger partial charge is 0.495 e. The average Bonchev–Trinajstić information content (AvgIpc) is 2.92. The number of ketones is 1. The second-order valence-corrected chi connectivity index (χ2v) is 9.76. The number of carbonyl (C=O) groups excluding carboxylic acids is 2. The van der Waals surface area contributed by atoms with Crippen molar-refractivity contribution < 1.29 is 24.2 Å². The van der Waals surface area contributed by atoms with Crippen molar-refractivity contribution in [1.29, 1.82) is 0 Å². The molecule has 40 heavy (non-hydrogen) atoms. The number of halogens is 1. The number of benzene rings is 3. The molecular formula is C31H27ClN2O6. The third-order valence-electron chi connectivity index (χ3n) is 6.50. The summed E-state index contributed by atoms with van der Waals surface area (Å²) in [6.45, 7) is 3.37. The molecule has 204 valence electrons. The molecule has 9 heteroatoms. The molecule has 1 aromatic heterocycles. The van der Waals surface area contributed by atoms with Crippen LogP contribution in [-0.2, 0) is 11.2 Å². The van der Waals surface area contributed by atoms with Gasteiger partial charge in [0.05, 0.1) is 18.9 Å². The molecule has 0 aliphatic carbocycles. The lowest BCUT2D eigenvalue weighted by molar-refractivity contribution is -0.119. The smallest absolute Gasteiger partial charge is 0.335 e. The summed E-state index contributed by atoms with van der Waals surface area (Å²) in [5.41, 5.74) is 3.04. The Labute approximate surface area is 235 Å². The highest BCUT2D eigenvalue weighted by Gasteiger charge is 2.25. The molecule has 0 fully saturated rings. The van der Waals surface area contributed by atoms with Crippen molar-refractivity contribution in [2.45, 2.75) is 26.3 Å². The number of hydrogen-bond donors (Lipinski definition) is 2. The van der Waals surface area contributed by atoms with Gasteiger partial charge in [-0.1, -0.05) is 41.4 Å². The molecule has 2 N–H and O–H groups in total. The first kappa shape index (κ1) is 28.3. The van der Waals surface area contributed by atoms with E-state index in [1.54, 1.807) is 18.2 Å². The van der Waals surface area contributed by atoms with Crippen molar-refractivity contribution in [1.82, 2.24) is 4.57 Å². The number of ether oxygens (including phenoxy) is 1. The molecule has 0 aliphatic rings. The van der Waals surface area contributed by atoms with Crippen LogP contribution >= 0.6 is 11.6 Å². The van der Waals surface area contributed by atoms with Gasteiger partial charge in [0.1, 0.15) is 11.8 Å². The van der Waals surface area contributed by atoms with E-state index in [9.17, 15) is 19.2 Å². The van der Waals surface area contributed by atoms with E-state index in [-0.39, 0.29) is 23.5 Å². The molecule has 0 bridgehead atoms. The Balaban J connectivity index is 1.80. The quantitative estimate of drug-likeness (QED) is 0.251. The summed E-state index contributed by atoms with van der Waals surface area (Å²) in [6.07, 6.45) is 1.64. The number of aromatic carboxylic acids is 1. The van der Waals surface area contributed by atoms with Gasteiger partial charge in [-0.05, 0) is 67.4 Å². The highest BCUT2D eigenvalue weighted by atomic mass is 35.5. The Bertz CT molecular complexity index is 1640. The number of rotatable bonds is 9. The fourth-order valence-corrected chi connectivity index (χ4v) is 4.55. The van der Waals surface area contributed by atoms with Gasteiger partial charge in [0.25, 0.3) is 5.56 Å². The van der Waals surface area contributed by atoms with Crippen LogP contribution in [0, 0.1) is 6.92 Å². The third kappa shape index (κ3) is 6.30. The number of anilines is 1. The topological polar surface area (TPSA) is 115 Å². The van der Waals surface area contributed by atoms with E-state index in [0.29, 0.717) is 27.4 Å². The van der Waals surface area contributed by atoms with Gasteiger partial charge in [-0.15, -0.1) is 0 Å². The van der Waals surface area contributed by atoms with E-state index < -0.39 is 23.5 Å². The number of nitrogens with one attached hydrogen (secondary N) is 1. The number of pyridine rings is 1. The van der Waals surface area contributed by atoms with Crippen molar-refractivity contribution in [3.63, 3.8) is 0 Å². The van der Waals surface area contributed by atoms with Crippen LogP contribution in [0.1, 0.15) is 44.8 Å². The summed E-state index contributed by atoms with van der Waals surface area (Å²) < 4.78 is 6.91. The molecule has 0 saturated heterocycles. The maximum atomic E-state index is 13.6. The number of amides is 1. The van der Waals surface area contributed by atoms with Gasteiger partial charge in [0.2, 0.25) is 5.91 Å². The fraction of sp³-hybridized carbons (Fsp3) is 0.161. The lowest BCUT2D eigenvalue weighted by Crippen LogP contribution is -2.34. The molecule has 1 amide bonds. The molecule has 0 aliphatic heterocycles. The first-order valence-electron chi connectivity index (χ1n) is 12.4. The Morgan fingerprint density at radius 3 is 2.25 bits per heavy atom. The average molecular weight is 559 g/mol. The van der Waals surface area contributed by atoms with Gasteiger partial charge < -0.3 is 15.2 Å².